The van der Waals surface area contributed by atoms with Crippen molar-refractivity contribution in [3.63, 3.8) is 0 Å². The van der Waals surface area contributed by atoms with Gasteiger partial charge in [-0.2, -0.15) is 0 Å². The fourth-order valence-electron chi connectivity index (χ4n) is 2.90. The van der Waals surface area contributed by atoms with Crippen molar-refractivity contribution in [1.29, 1.82) is 0 Å². The van der Waals surface area contributed by atoms with Gasteiger partial charge in [0.2, 0.25) is 0 Å². The van der Waals surface area contributed by atoms with E-state index in [1.165, 1.54) is 0 Å². The number of anilines is 1. The number of hydrogen-bond acceptors (Lipinski definition) is 3. The maximum absolute atomic E-state index is 12.6. The summed E-state index contributed by atoms with van der Waals surface area (Å²) in [6, 6.07) is 19.6. The second-order valence-electron chi connectivity index (χ2n) is 6.20. The van der Waals surface area contributed by atoms with Gasteiger partial charge in [-0.1, -0.05) is 42.8 Å². The number of amides is 1. The number of benzene rings is 3. The number of phenolic OH excluding ortho intramolecular Hbond substituents is 1. The van der Waals surface area contributed by atoms with Crippen LogP contribution in [0.1, 0.15) is 34.3 Å². The minimum Gasteiger partial charge on any atom is -0.507 e. The van der Waals surface area contributed by atoms with Crippen molar-refractivity contribution in [2.45, 2.75) is 12.8 Å². The van der Waals surface area contributed by atoms with Crippen molar-refractivity contribution < 1.29 is 14.6 Å². The molecule has 0 aliphatic heterocycles. The third-order valence-electron chi connectivity index (χ3n) is 4.50. The number of nitrogens with one attached hydrogen (secondary N) is 1. The molecule has 27 heavy (non-hydrogen) atoms. The van der Waals surface area contributed by atoms with E-state index >= 15 is 0 Å². The molecule has 0 aromatic heterocycles. The molecule has 0 bridgehead atoms. The van der Waals surface area contributed by atoms with Gasteiger partial charge in [0.1, 0.15) is 11.5 Å². The summed E-state index contributed by atoms with van der Waals surface area (Å²) in [4.78, 5) is 12.6. The predicted molar refractivity (Wildman–Crippen MR) is 108 cm³/mol. The standard InChI is InChI=1S/C22H20ClNO3/c1-14(15-6-12-18(27-2)13-7-15)19-4-3-5-20(21(19)25)22(26)24-17-10-8-16(23)9-11-17/h3-14,25H,1-2H3,(H,24,26). The SMILES string of the molecule is COc1ccc(C(C)c2cccc(C(=O)Nc3ccc(Cl)cc3)c2O)cc1. The largest absolute Gasteiger partial charge is 0.507 e. The molecule has 0 heterocycles. The van der Waals surface area contributed by atoms with Crippen LogP contribution in [0.15, 0.2) is 66.7 Å². The highest BCUT2D eigenvalue weighted by Gasteiger charge is 2.19. The Bertz CT molecular complexity index is 937. The Kier molecular flexibility index (Phi) is 5.67. The van der Waals surface area contributed by atoms with Gasteiger partial charge in [0, 0.05) is 22.2 Å². The number of halogens is 1. The second kappa shape index (κ2) is 8.14. The van der Waals surface area contributed by atoms with E-state index in [4.69, 9.17) is 16.3 Å². The molecule has 0 aliphatic rings. The summed E-state index contributed by atoms with van der Waals surface area (Å²) in [5, 5.41) is 14.1. The van der Waals surface area contributed by atoms with Gasteiger partial charge in [-0.05, 0) is 48.0 Å². The molecule has 3 aromatic carbocycles. The maximum atomic E-state index is 12.6. The summed E-state index contributed by atoms with van der Waals surface area (Å²) < 4.78 is 5.18. The number of carbonyl (C=O) groups excluding carboxylic acids is 1. The summed E-state index contributed by atoms with van der Waals surface area (Å²) in [7, 11) is 1.62. The Hall–Kier alpha value is -2.98. The first-order chi connectivity index (χ1) is 13.0. The molecule has 1 atom stereocenters. The zero-order valence-corrected chi connectivity index (χ0v) is 15.8. The van der Waals surface area contributed by atoms with E-state index < -0.39 is 0 Å². The molecule has 0 radical (unpaired) electrons. The number of ether oxygens (including phenoxy) is 1. The number of phenols is 1. The number of hydrogen-bond donors (Lipinski definition) is 2. The van der Waals surface area contributed by atoms with Crippen LogP contribution in [-0.2, 0) is 0 Å². The average molecular weight is 382 g/mol. The highest BCUT2D eigenvalue weighted by molar-refractivity contribution is 6.30. The van der Waals surface area contributed by atoms with E-state index in [1.54, 1.807) is 43.5 Å². The van der Waals surface area contributed by atoms with Crippen molar-refractivity contribution in [1.82, 2.24) is 0 Å². The molecule has 138 valence electrons. The Labute approximate surface area is 163 Å². The van der Waals surface area contributed by atoms with Crippen molar-refractivity contribution in [3.05, 3.63) is 88.4 Å². The fourth-order valence-corrected chi connectivity index (χ4v) is 3.02. The molecule has 0 spiro atoms. The van der Waals surface area contributed by atoms with Crippen LogP contribution in [0.2, 0.25) is 5.02 Å². The van der Waals surface area contributed by atoms with E-state index in [0.29, 0.717) is 16.3 Å². The third kappa shape index (κ3) is 4.23. The first-order valence-corrected chi connectivity index (χ1v) is 8.90. The maximum Gasteiger partial charge on any atom is 0.259 e. The summed E-state index contributed by atoms with van der Waals surface area (Å²) in [6.45, 7) is 1.98. The number of carbonyl (C=O) groups is 1. The number of aromatic hydroxyl groups is 1. The minimum atomic E-state index is -0.376. The summed E-state index contributed by atoms with van der Waals surface area (Å²) >= 11 is 5.86. The van der Waals surface area contributed by atoms with Crippen LogP contribution < -0.4 is 10.1 Å². The molecule has 1 unspecified atom stereocenters. The topological polar surface area (TPSA) is 58.6 Å². The molecule has 1 amide bonds. The number of para-hydroxylation sites is 1. The molecule has 3 rings (SSSR count). The second-order valence-corrected chi connectivity index (χ2v) is 6.64. The lowest BCUT2D eigenvalue weighted by Gasteiger charge is -2.17. The normalized spacial score (nSPS) is 11.7. The van der Waals surface area contributed by atoms with Crippen LogP contribution >= 0.6 is 11.6 Å². The third-order valence-corrected chi connectivity index (χ3v) is 4.75. The van der Waals surface area contributed by atoms with E-state index in [-0.39, 0.29) is 23.1 Å². The van der Waals surface area contributed by atoms with Crippen LogP contribution in [0.4, 0.5) is 5.69 Å². The van der Waals surface area contributed by atoms with Crippen LogP contribution in [0.5, 0.6) is 11.5 Å². The van der Waals surface area contributed by atoms with Gasteiger partial charge >= 0.3 is 0 Å². The molecular weight excluding hydrogens is 362 g/mol. The van der Waals surface area contributed by atoms with E-state index in [0.717, 1.165) is 11.3 Å². The summed E-state index contributed by atoms with van der Waals surface area (Å²) in [5.74, 6) is 0.288. The Morgan fingerprint density at radius 3 is 2.33 bits per heavy atom. The molecule has 5 heteroatoms. The van der Waals surface area contributed by atoms with Gasteiger partial charge in [-0.15, -0.1) is 0 Å². The van der Waals surface area contributed by atoms with Gasteiger partial charge < -0.3 is 15.2 Å². The number of methoxy groups -OCH3 is 1. The van der Waals surface area contributed by atoms with Crippen LogP contribution in [-0.4, -0.2) is 18.1 Å². The lowest BCUT2D eigenvalue weighted by molar-refractivity contribution is 0.102. The van der Waals surface area contributed by atoms with Gasteiger partial charge in [0.25, 0.3) is 5.91 Å². The quantitative estimate of drug-likeness (QED) is 0.617. The van der Waals surface area contributed by atoms with Crippen molar-refractivity contribution in [3.8, 4) is 11.5 Å². The van der Waals surface area contributed by atoms with Gasteiger partial charge in [0.15, 0.2) is 0 Å². The molecular formula is C22H20ClNO3. The molecule has 0 aliphatic carbocycles. The monoisotopic (exact) mass is 381 g/mol. The van der Waals surface area contributed by atoms with E-state index in [2.05, 4.69) is 5.32 Å². The smallest absolute Gasteiger partial charge is 0.259 e. The molecule has 2 N–H and O–H groups in total. The van der Waals surface area contributed by atoms with Gasteiger partial charge in [0.05, 0.1) is 12.7 Å². The molecule has 0 fully saturated rings. The lowest BCUT2D eigenvalue weighted by atomic mass is 9.91. The number of rotatable bonds is 5. The lowest BCUT2D eigenvalue weighted by Crippen LogP contribution is -2.13. The zero-order chi connectivity index (χ0) is 19.4. The highest BCUT2D eigenvalue weighted by Crippen LogP contribution is 2.34. The predicted octanol–water partition coefficient (Wildman–Crippen LogP) is 5.46. The summed E-state index contributed by atoms with van der Waals surface area (Å²) in [6.07, 6.45) is 0. The molecule has 0 saturated heterocycles. The van der Waals surface area contributed by atoms with Crippen LogP contribution in [0, 0.1) is 0 Å². The van der Waals surface area contributed by atoms with Crippen molar-refractivity contribution in [2.24, 2.45) is 0 Å². The zero-order valence-electron chi connectivity index (χ0n) is 15.1. The minimum absolute atomic E-state index is 0.0210. The van der Waals surface area contributed by atoms with Crippen LogP contribution in [0.3, 0.4) is 0 Å². The van der Waals surface area contributed by atoms with Crippen LogP contribution in [0.25, 0.3) is 0 Å². The Balaban J connectivity index is 1.85. The Morgan fingerprint density at radius 2 is 1.70 bits per heavy atom. The van der Waals surface area contributed by atoms with E-state index in [1.807, 2.05) is 37.3 Å². The van der Waals surface area contributed by atoms with Crippen molar-refractivity contribution in [2.75, 3.05) is 12.4 Å². The average Bonchev–Trinajstić information content (AvgIpc) is 2.69. The van der Waals surface area contributed by atoms with E-state index in [9.17, 15) is 9.90 Å². The van der Waals surface area contributed by atoms with Gasteiger partial charge in [-0.25, -0.2) is 0 Å². The first kappa shape index (κ1) is 18.8. The Morgan fingerprint density at radius 1 is 1.04 bits per heavy atom. The molecule has 3 aromatic rings. The highest BCUT2D eigenvalue weighted by atomic mass is 35.5. The van der Waals surface area contributed by atoms with Crippen molar-refractivity contribution >= 4 is 23.2 Å². The van der Waals surface area contributed by atoms with Gasteiger partial charge in [-0.3, -0.25) is 4.79 Å². The first-order valence-electron chi connectivity index (χ1n) is 8.52. The molecule has 0 saturated carbocycles. The fraction of sp³-hybridized carbons (Fsp3) is 0.136. The summed E-state index contributed by atoms with van der Waals surface area (Å²) in [5.41, 5.74) is 2.53. The molecule has 4 nitrogen and oxygen atoms in total.